The van der Waals surface area contributed by atoms with Crippen molar-refractivity contribution in [2.24, 2.45) is 5.73 Å². The Kier molecular flexibility index (Phi) is 12.2. The molecule has 0 aromatic heterocycles. The van der Waals surface area contributed by atoms with Crippen molar-refractivity contribution in [1.29, 1.82) is 0 Å². The van der Waals surface area contributed by atoms with Crippen molar-refractivity contribution in [3.63, 3.8) is 0 Å². The molecule has 12 heavy (non-hydrogen) atoms. The van der Waals surface area contributed by atoms with Gasteiger partial charge in [-0.05, 0) is 33.7 Å². The molecule has 0 aromatic carbocycles. The number of allylic oxidation sites excluding steroid dienone is 3. The maximum atomic E-state index is 5.37. The van der Waals surface area contributed by atoms with Crippen LogP contribution in [-0.4, -0.2) is 6.54 Å². The van der Waals surface area contributed by atoms with Crippen molar-refractivity contribution >= 4 is 0 Å². The maximum absolute atomic E-state index is 5.37. The lowest BCUT2D eigenvalue weighted by atomic mass is 10.2. The Bertz CT molecular complexity index is 139. The monoisotopic (exact) mass is 169 g/mol. The highest BCUT2D eigenvalue weighted by molar-refractivity contribution is 5.13. The molecular formula is C11H23N. The average molecular weight is 169 g/mol. The Labute approximate surface area is 77.4 Å². The predicted molar refractivity (Wildman–Crippen MR) is 58.2 cm³/mol. The topological polar surface area (TPSA) is 26.0 Å². The van der Waals surface area contributed by atoms with E-state index in [1.165, 1.54) is 11.1 Å². The molecule has 0 bridgehead atoms. The largest absolute Gasteiger partial charge is 0.330 e. The van der Waals surface area contributed by atoms with Crippen LogP contribution >= 0.6 is 0 Å². The van der Waals surface area contributed by atoms with Gasteiger partial charge in [-0.1, -0.05) is 37.1 Å². The molecule has 1 nitrogen and oxygen atoms in total. The SMILES string of the molecule is CC.CC(C)=C/C=C(\C)CCN. The Morgan fingerprint density at radius 3 is 1.92 bits per heavy atom. The third-order valence-corrected chi connectivity index (χ3v) is 1.24. The third-order valence-electron chi connectivity index (χ3n) is 1.24. The van der Waals surface area contributed by atoms with Gasteiger partial charge < -0.3 is 5.73 Å². The van der Waals surface area contributed by atoms with Gasteiger partial charge in [0.1, 0.15) is 0 Å². The fourth-order valence-corrected chi connectivity index (χ4v) is 0.620. The molecule has 2 N–H and O–H groups in total. The second kappa shape index (κ2) is 10.4. The van der Waals surface area contributed by atoms with Crippen molar-refractivity contribution in [1.82, 2.24) is 0 Å². The van der Waals surface area contributed by atoms with Crippen LogP contribution < -0.4 is 5.73 Å². The zero-order valence-electron chi connectivity index (χ0n) is 9.15. The van der Waals surface area contributed by atoms with E-state index < -0.39 is 0 Å². The van der Waals surface area contributed by atoms with Crippen LogP contribution in [0.3, 0.4) is 0 Å². The van der Waals surface area contributed by atoms with E-state index >= 15 is 0 Å². The highest BCUT2D eigenvalue weighted by Gasteiger charge is 1.83. The van der Waals surface area contributed by atoms with Gasteiger partial charge in [-0.3, -0.25) is 0 Å². The normalized spacial score (nSPS) is 10.0. The molecule has 0 heterocycles. The summed E-state index contributed by atoms with van der Waals surface area (Å²) in [5.41, 5.74) is 8.05. The number of nitrogens with two attached hydrogens (primary N) is 1. The summed E-state index contributed by atoms with van der Waals surface area (Å²) in [4.78, 5) is 0. The van der Waals surface area contributed by atoms with Gasteiger partial charge in [0.2, 0.25) is 0 Å². The van der Waals surface area contributed by atoms with Crippen molar-refractivity contribution in [3.8, 4) is 0 Å². The molecule has 0 rings (SSSR count). The van der Waals surface area contributed by atoms with Crippen molar-refractivity contribution in [2.45, 2.75) is 41.0 Å². The van der Waals surface area contributed by atoms with E-state index in [1.54, 1.807) is 0 Å². The van der Waals surface area contributed by atoms with E-state index in [0.29, 0.717) is 0 Å². The van der Waals surface area contributed by atoms with Crippen LogP contribution in [0, 0.1) is 0 Å². The lowest BCUT2D eigenvalue weighted by molar-refractivity contribution is 0.950. The molecule has 0 fully saturated rings. The molecule has 1 heteroatoms. The predicted octanol–water partition coefficient (Wildman–Crippen LogP) is 3.27. The Morgan fingerprint density at radius 1 is 1.08 bits per heavy atom. The molecule has 0 radical (unpaired) electrons. The zero-order chi connectivity index (χ0) is 9.98. The summed E-state index contributed by atoms with van der Waals surface area (Å²) >= 11 is 0. The van der Waals surface area contributed by atoms with Crippen LogP contribution in [0.2, 0.25) is 0 Å². The summed E-state index contributed by atoms with van der Waals surface area (Å²) in [6.07, 6.45) is 5.25. The maximum Gasteiger partial charge on any atom is -0.00399 e. The molecule has 0 unspecified atom stereocenters. The third kappa shape index (κ3) is 12.1. The second-order valence-electron chi connectivity index (χ2n) is 2.80. The molecule has 0 amide bonds. The standard InChI is InChI=1S/C9H17N.C2H6/c1-8(2)4-5-9(3)6-7-10;1-2/h4-5H,6-7,10H2,1-3H3;1-2H3/b9-5+;. The first-order valence-electron chi connectivity index (χ1n) is 4.67. The molecule has 0 atom stereocenters. The van der Waals surface area contributed by atoms with E-state index in [2.05, 4.69) is 32.9 Å². The molecule has 0 saturated carbocycles. The van der Waals surface area contributed by atoms with Gasteiger partial charge in [0.15, 0.2) is 0 Å². The Morgan fingerprint density at radius 2 is 1.58 bits per heavy atom. The van der Waals surface area contributed by atoms with Crippen LogP contribution in [0.25, 0.3) is 0 Å². The van der Waals surface area contributed by atoms with E-state index in [0.717, 1.165) is 13.0 Å². The van der Waals surface area contributed by atoms with Crippen LogP contribution in [0.15, 0.2) is 23.3 Å². The van der Waals surface area contributed by atoms with Crippen LogP contribution in [0.4, 0.5) is 0 Å². The lowest BCUT2D eigenvalue weighted by Gasteiger charge is -1.93. The molecule has 0 aliphatic heterocycles. The van der Waals surface area contributed by atoms with Gasteiger partial charge in [0.05, 0.1) is 0 Å². The first-order valence-corrected chi connectivity index (χ1v) is 4.67. The fourth-order valence-electron chi connectivity index (χ4n) is 0.620. The van der Waals surface area contributed by atoms with Crippen LogP contribution in [-0.2, 0) is 0 Å². The van der Waals surface area contributed by atoms with E-state index in [-0.39, 0.29) is 0 Å². The minimum Gasteiger partial charge on any atom is -0.330 e. The minimum absolute atomic E-state index is 0.749. The van der Waals surface area contributed by atoms with Crippen molar-refractivity contribution < 1.29 is 0 Å². The zero-order valence-corrected chi connectivity index (χ0v) is 9.15. The second-order valence-corrected chi connectivity index (χ2v) is 2.80. The number of rotatable bonds is 3. The van der Waals surface area contributed by atoms with Gasteiger partial charge in [-0.2, -0.15) is 0 Å². The van der Waals surface area contributed by atoms with Gasteiger partial charge >= 0.3 is 0 Å². The van der Waals surface area contributed by atoms with E-state index in [4.69, 9.17) is 5.73 Å². The summed E-state index contributed by atoms with van der Waals surface area (Å²) in [6, 6.07) is 0. The summed E-state index contributed by atoms with van der Waals surface area (Å²) < 4.78 is 0. The first-order chi connectivity index (χ1) is 5.66. The van der Waals surface area contributed by atoms with Crippen molar-refractivity contribution in [2.75, 3.05) is 6.54 Å². The Balaban J connectivity index is 0. The molecule has 0 aliphatic carbocycles. The summed E-state index contributed by atoms with van der Waals surface area (Å²) in [7, 11) is 0. The summed E-state index contributed by atoms with van der Waals surface area (Å²) in [5, 5.41) is 0. The van der Waals surface area contributed by atoms with Gasteiger partial charge in [0, 0.05) is 0 Å². The van der Waals surface area contributed by atoms with E-state index in [1.807, 2.05) is 13.8 Å². The van der Waals surface area contributed by atoms with Gasteiger partial charge in [-0.15, -0.1) is 0 Å². The highest BCUT2D eigenvalue weighted by Crippen LogP contribution is 1.99. The number of hydrogen-bond acceptors (Lipinski definition) is 1. The Hall–Kier alpha value is -0.560. The van der Waals surface area contributed by atoms with E-state index in [9.17, 15) is 0 Å². The minimum atomic E-state index is 0.749. The molecule has 0 aliphatic rings. The lowest BCUT2D eigenvalue weighted by Crippen LogP contribution is -1.98. The quantitative estimate of drug-likeness (QED) is 0.645. The first kappa shape index (κ1) is 14.0. The fraction of sp³-hybridized carbons (Fsp3) is 0.636. The molecule has 0 aromatic rings. The smallest absolute Gasteiger partial charge is 0.00399 e. The summed E-state index contributed by atoms with van der Waals surface area (Å²) in [6.45, 7) is 11.0. The van der Waals surface area contributed by atoms with Gasteiger partial charge in [-0.25, -0.2) is 0 Å². The molecular weight excluding hydrogens is 146 g/mol. The molecule has 0 spiro atoms. The molecule has 72 valence electrons. The highest BCUT2D eigenvalue weighted by atomic mass is 14.5. The van der Waals surface area contributed by atoms with Gasteiger partial charge in [0.25, 0.3) is 0 Å². The van der Waals surface area contributed by atoms with Crippen molar-refractivity contribution in [3.05, 3.63) is 23.3 Å². The van der Waals surface area contributed by atoms with Crippen LogP contribution in [0.5, 0.6) is 0 Å². The average Bonchev–Trinajstić information content (AvgIpc) is 2.05. The molecule has 0 saturated heterocycles. The van der Waals surface area contributed by atoms with Crippen LogP contribution in [0.1, 0.15) is 41.0 Å². The number of hydrogen-bond donors (Lipinski definition) is 1. The summed E-state index contributed by atoms with van der Waals surface area (Å²) in [5.74, 6) is 0.